The van der Waals surface area contributed by atoms with Crippen molar-refractivity contribution in [1.82, 2.24) is 8.96 Å². The van der Waals surface area contributed by atoms with Crippen LogP contribution in [-0.2, 0) is 15.8 Å². The summed E-state index contributed by atoms with van der Waals surface area (Å²) in [4.78, 5) is 4.33. The van der Waals surface area contributed by atoms with Gasteiger partial charge in [0.15, 0.2) is 0 Å². The molecule has 2 aromatic heterocycles. The Labute approximate surface area is 136 Å². The van der Waals surface area contributed by atoms with Gasteiger partial charge in [0, 0.05) is 29.7 Å². The van der Waals surface area contributed by atoms with Gasteiger partial charge in [-0.2, -0.15) is 0 Å². The van der Waals surface area contributed by atoms with Crippen molar-refractivity contribution in [3.05, 3.63) is 90.0 Å². The van der Waals surface area contributed by atoms with Crippen LogP contribution in [0.2, 0.25) is 0 Å². The average molecular weight is 326 g/mol. The summed E-state index contributed by atoms with van der Waals surface area (Å²) in [5.41, 5.74) is 2.35. The minimum atomic E-state index is -3.46. The molecule has 23 heavy (non-hydrogen) atoms. The van der Waals surface area contributed by atoms with Gasteiger partial charge in [-0.1, -0.05) is 43.3 Å². The fourth-order valence-corrected chi connectivity index (χ4v) is 4.15. The van der Waals surface area contributed by atoms with Gasteiger partial charge in [0.05, 0.1) is 5.75 Å². The zero-order valence-corrected chi connectivity index (χ0v) is 13.6. The molecule has 0 aliphatic heterocycles. The van der Waals surface area contributed by atoms with Crippen molar-refractivity contribution < 1.29 is 8.42 Å². The second-order valence-electron chi connectivity index (χ2n) is 5.45. The maximum Gasteiger partial charge on any atom is 0.242 e. The van der Waals surface area contributed by atoms with Crippen LogP contribution in [0.3, 0.4) is 0 Å². The van der Waals surface area contributed by atoms with E-state index in [2.05, 4.69) is 4.98 Å². The molecule has 4 nitrogen and oxygen atoms in total. The fourth-order valence-electron chi connectivity index (χ4n) is 2.61. The van der Waals surface area contributed by atoms with Gasteiger partial charge in [0.2, 0.25) is 10.0 Å². The average Bonchev–Trinajstić information content (AvgIpc) is 3.06. The van der Waals surface area contributed by atoms with E-state index in [1.54, 1.807) is 18.5 Å². The number of hydrogen-bond donors (Lipinski definition) is 0. The van der Waals surface area contributed by atoms with E-state index >= 15 is 0 Å². The highest BCUT2D eigenvalue weighted by molar-refractivity contribution is 7.89. The molecule has 1 atom stereocenters. The Hall–Kier alpha value is -2.40. The predicted molar refractivity (Wildman–Crippen MR) is 90.6 cm³/mol. The molecule has 0 aliphatic carbocycles. The van der Waals surface area contributed by atoms with Crippen molar-refractivity contribution in [3.63, 3.8) is 0 Å². The third-order valence-electron chi connectivity index (χ3n) is 3.81. The van der Waals surface area contributed by atoms with Crippen LogP contribution in [0.4, 0.5) is 0 Å². The Morgan fingerprint density at radius 3 is 2.43 bits per heavy atom. The molecule has 5 heteroatoms. The molecule has 0 N–H and O–H groups in total. The van der Waals surface area contributed by atoms with Crippen LogP contribution in [0.25, 0.3) is 0 Å². The van der Waals surface area contributed by atoms with Gasteiger partial charge in [-0.25, -0.2) is 12.4 Å². The predicted octanol–water partition coefficient (Wildman–Crippen LogP) is 3.41. The van der Waals surface area contributed by atoms with Gasteiger partial charge in [0.25, 0.3) is 0 Å². The zero-order chi connectivity index (χ0) is 16.3. The first-order valence-electron chi connectivity index (χ1n) is 7.43. The number of nitrogens with zero attached hydrogens (tertiary/aromatic N) is 2. The molecule has 0 fully saturated rings. The number of aromatic nitrogens is 2. The molecular weight excluding hydrogens is 308 g/mol. The molecule has 1 aromatic carbocycles. The molecule has 0 amide bonds. The van der Waals surface area contributed by atoms with E-state index in [0.717, 1.165) is 17.0 Å². The highest BCUT2D eigenvalue weighted by Gasteiger charge is 2.21. The minimum absolute atomic E-state index is 0.0234. The van der Waals surface area contributed by atoms with Gasteiger partial charge < -0.3 is 0 Å². The molecular formula is C18H18N2O2S. The summed E-state index contributed by atoms with van der Waals surface area (Å²) in [6, 6.07) is 18.5. The van der Waals surface area contributed by atoms with E-state index in [0.29, 0.717) is 0 Å². The Morgan fingerprint density at radius 2 is 1.74 bits per heavy atom. The molecule has 0 saturated carbocycles. The van der Waals surface area contributed by atoms with Crippen LogP contribution in [0.15, 0.2) is 73.1 Å². The molecule has 0 bridgehead atoms. The lowest BCUT2D eigenvalue weighted by atomic mass is 10.0. The van der Waals surface area contributed by atoms with Crippen molar-refractivity contribution in [2.45, 2.75) is 18.6 Å². The Bertz CT molecular complexity index is 872. The van der Waals surface area contributed by atoms with E-state index in [9.17, 15) is 8.42 Å². The molecule has 0 spiro atoms. The smallest absolute Gasteiger partial charge is 0.242 e. The summed E-state index contributed by atoms with van der Waals surface area (Å²) in [5, 5.41) is 0. The van der Waals surface area contributed by atoms with Crippen molar-refractivity contribution in [2.75, 3.05) is 0 Å². The number of rotatable bonds is 5. The summed E-state index contributed by atoms with van der Waals surface area (Å²) in [5.74, 6) is -0.124. The summed E-state index contributed by atoms with van der Waals surface area (Å²) in [6.45, 7) is 1.96. The van der Waals surface area contributed by atoms with E-state index in [-0.39, 0.29) is 11.7 Å². The third-order valence-corrected chi connectivity index (χ3v) is 5.44. The molecule has 0 radical (unpaired) electrons. The monoisotopic (exact) mass is 326 g/mol. The van der Waals surface area contributed by atoms with Crippen LogP contribution < -0.4 is 0 Å². The van der Waals surface area contributed by atoms with Gasteiger partial charge in [-0.3, -0.25) is 4.98 Å². The van der Waals surface area contributed by atoms with Crippen molar-refractivity contribution in [1.29, 1.82) is 0 Å². The highest BCUT2D eigenvalue weighted by Crippen LogP contribution is 2.25. The molecule has 118 valence electrons. The largest absolute Gasteiger partial charge is 0.261 e. The molecule has 3 aromatic rings. The maximum absolute atomic E-state index is 12.8. The summed E-state index contributed by atoms with van der Waals surface area (Å²) in [6.07, 6.45) is 3.32. The van der Waals surface area contributed by atoms with Crippen molar-refractivity contribution >= 4 is 10.0 Å². The SMILES string of the molecule is CC(c1ccccn1)c1cccn1S(=O)(=O)Cc1ccccc1. The van der Waals surface area contributed by atoms with Crippen LogP contribution in [0.1, 0.15) is 29.8 Å². The maximum atomic E-state index is 12.8. The van der Waals surface area contributed by atoms with E-state index in [1.807, 2.05) is 61.5 Å². The van der Waals surface area contributed by atoms with Gasteiger partial charge >= 0.3 is 0 Å². The normalized spacial score (nSPS) is 12.9. The first kappa shape index (κ1) is 15.5. The fraction of sp³-hybridized carbons (Fsp3) is 0.167. The first-order chi connectivity index (χ1) is 11.1. The quantitative estimate of drug-likeness (QED) is 0.722. The van der Waals surface area contributed by atoms with E-state index in [4.69, 9.17) is 0 Å². The second-order valence-corrected chi connectivity index (χ2v) is 7.29. The van der Waals surface area contributed by atoms with Gasteiger partial charge in [0.1, 0.15) is 0 Å². The van der Waals surface area contributed by atoms with Crippen molar-refractivity contribution in [3.8, 4) is 0 Å². The number of hydrogen-bond acceptors (Lipinski definition) is 3. The summed E-state index contributed by atoms with van der Waals surface area (Å²) < 4.78 is 26.9. The third kappa shape index (κ3) is 3.35. The summed E-state index contributed by atoms with van der Waals surface area (Å²) in [7, 11) is -3.46. The Morgan fingerprint density at radius 1 is 1.00 bits per heavy atom. The highest BCUT2D eigenvalue weighted by atomic mass is 32.2. The van der Waals surface area contributed by atoms with Crippen LogP contribution in [0.5, 0.6) is 0 Å². The number of benzene rings is 1. The topological polar surface area (TPSA) is 52.0 Å². The van der Waals surface area contributed by atoms with Crippen LogP contribution in [-0.4, -0.2) is 17.4 Å². The van der Waals surface area contributed by atoms with Crippen molar-refractivity contribution in [2.24, 2.45) is 0 Å². The molecule has 1 unspecified atom stereocenters. The molecule has 0 saturated heterocycles. The Kier molecular flexibility index (Phi) is 4.30. The Balaban J connectivity index is 1.94. The molecule has 3 rings (SSSR count). The standard InChI is InChI=1S/C18H18N2O2S/c1-15(17-10-5-6-12-19-17)18-11-7-13-20(18)23(21,22)14-16-8-3-2-4-9-16/h2-13,15H,14H2,1H3. The zero-order valence-electron chi connectivity index (χ0n) is 12.8. The van der Waals surface area contributed by atoms with Gasteiger partial charge in [-0.05, 0) is 29.8 Å². The lowest BCUT2D eigenvalue weighted by Crippen LogP contribution is -2.18. The molecule has 2 heterocycles. The minimum Gasteiger partial charge on any atom is -0.261 e. The second kappa shape index (κ2) is 6.38. The van der Waals surface area contributed by atoms with E-state index < -0.39 is 10.0 Å². The van der Waals surface area contributed by atoms with Gasteiger partial charge in [-0.15, -0.1) is 0 Å². The number of pyridine rings is 1. The summed E-state index contributed by atoms with van der Waals surface area (Å²) >= 11 is 0. The van der Waals surface area contributed by atoms with E-state index in [1.165, 1.54) is 3.97 Å². The molecule has 0 aliphatic rings. The first-order valence-corrected chi connectivity index (χ1v) is 9.04. The lowest BCUT2D eigenvalue weighted by molar-refractivity contribution is 0.583. The van der Waals surface area contributed by atoms with Crippen LogP contribution >= 0.6 is 0 Å². The van der Waals surface area contributed by atoms with Crippen LogP contribution in [0, 0.1) is 0 Å². The lowest BCUT2D eigenvalue weighted by Gasteiger charge is -2.15.